The fourth-order valence-electron chi connectivity index (χ4n) is 8.30. The molecule has 246 valence electrons. The maximum atomic E-state index is 9.62. The van der Waals surface area contributed by atoms with Crippen molar-refractivity contribution >= 4 is 38.6 Å². The number of anilines is 3. The van der Waals surface area contributed by atoms with Crippen LogP contribution in [0.4, 0.5) is 17.1 Å². The van der Waals surface area contributed by atoms with E-state index in [1.807, 2.05) is 54.6 Å². The molecule has 0 N–H and O–H groups in total. The molecule has 1 aliphatic rings. The van der Waals surface area contributed by atoms with Crippen LogP contribution in [0.25, 0.3) is 43.8 Å². The van der Waals surface area contributed by atoms with Gasteiger partial charge in [0.15, 0.2) is 0 Å². The number of para-hydroxylation sites is 1. The van der Waals surface area contributed by atoms with Gasteiger partial charge in [-0.2, -0.15) is 0 Å². The van der Waals surface area contributed by atoms with Crippen LogP contribution in [-0.2, 0) is 5.41 Å². The lowest BCUT2D eigenvalue weighted by molar-refractivity contribution is 0.767. The van der Waals surface area contributed by atoms with Gasteiger partial charge in [0.2, 0.25) is 0 Å². The molecule has 0 saturated heterocycles. The van der Waals surface area contributed by atoms with Crippen LogP contribution in [0.2, 0.25) is 0 Å². The predicted molar refractivity (Wildman–Crippen MR) is 222 cm³/mol. The van der Waals surface area contributed by atoms with Crippen molar-refractivity contribution in [2.24, 2.45) is 0 Å². The molecule has 1 heteroatoms. The standard InChI is InChI=1S/C51H37N/c1-3-17-38(4-2)51(39-19-7-5-8-20-39)49-27-16-15-26-46(49)47-33-32-42(35-50(47)51)52(40-21-9-6-10-22-40)41-30-28-36(29-31-41)48-34-37-18-11-12-23-43(37)44-24-13-14-25-45(44)48/h3-35H,1-2H2/b38-17+/i28D,31D. The zero-order chi connectivity index (χ0) is 36.8. The smallest absolute Gasteiger partial charge is 0.0714 e. The van der Waals surface area contributed by atoms with E-state index in [-0.39, 0.29) is 0 Å². The van der Waals surface area contributed by atoms with Crippen molar-refractivity contribution in [2.45, 2.75) is 5.41 Å². The van der Waals surface area contributed by atoms with Gasteiger partial charge in [0.25, 0.3) is 0 Å². The predicted octanol–water partition coefficient (Wildman–Crippen LogP) is 13.7. The average molecular weight is 666 g/mol. The summed E-state index contributed by atoms with van der Waals surface area (Å²) in [5.41, 5.74) is 10.2. The first kappa shape index (κ1) is 29.1. The van der Waals surface area contributed by atoms with Gasteiger partial charge in [-0.3, -0.25) is 0 Å². The van der Waals surface area contributed by atoms with E-state index in [0.717, 1.165) is 60.9 Å². The van der Waals surface area contributed by atoms with Crippen molar-refractivity contribution in [1.82, 2.24) is 0 Å². The Balaban J connectivity index is 1.28. The Kier molecular flexibility index (Phi) is 7.20. The number of allylic oxidation sites excluding steroid dienone is 4. The molecule has 1 nitrogen and oxygen atoms in total. The molecule has 8 aromatic rings. The van der Waals surface area contributed by atoms with Crippen LogP contribution >= 0.6 is 0 Å². The second-order valence-corrected chi connectivity index (χ2v) is 13.2. The van der Waals surface area contributed by atoms with Crippen molar-refractivity contribution in [3.63, 3.8) is 0 Å². The van der Waals surface area contributed by atoms with Crippen molar-refractivity contribution in [1.29, 1.82) is 0 Å². The van der Waals surface area contributed by atoms with E-state index in [0.29, 0.717) is 17.8 Å². The topological polar surface area (TPSA) is 3.24 Å². The fourth-order valence-corrected chi connectivity index (χ4v) is 8.30. The highest BCUT2D eigenvalue weighted by Crippen LogP contribution is 2.57. The summed E-state index contributed by atoms with van der Waals surface area (Å²) < 4.78 is 19.1. The molecule has 0 heterocycles. The van der Waals surface area contributed by atoms with Crippen LogP contribution in [0.1, 0.15) is 19.4 Å². The minimum Gasteiger partial charge on any atom is -0.310 e. The first-order valence-electron chi connectivity index (χ1n) is 18.7. The number of hydrogen-bond donors (Lipinski definition) is 0. The van der Waals surface area contributed by atoms with Crippen molar-refractivity contribution in [3.8, 4) is 22.3 Å². The highest BCUT2D eigenvalue weighted by atomic mass is 15.1. The van der Waals surface area contributed by atoms with Gasteiger partial charge < -0.3 is 4.90 Å². The third-order valence-electron chi connectivity index (χ3n) is 10.5. The van der Waals surface area contributed by atoms with Crippen molar-refractivity contribution in [2.75, 3.05) is 4.90 Å². The molecule has 1 aliphatic carbocycles. The van der Waals surface area contributed by atoms with E-state index in [1.165, 1.54) is 16.5 Å². The summed E-state index contributed by atoms with van der Waals surface area (Å²) >= 11 is 0. The molecule has 0 aromatic heterocycles. The number of fused-ring (bicyclic) bond motifs is 6. The van der Waals surface area contributed by atoms with Gasteiger partial charge in [-0.05, 0) is 109 Å². The SMILES string of the molecule is [2H]c1cc(N(c2ccccc2)c2ccc3c(c2)C(/C(C=C)=C/C=C)(c2ccccc2)c2ccccc2-3)c([2H])cc1-c1cc2ccccc2c2ccccc12. The lowest BCUT2D eigenvalue weighted by Gasteiger charge is -2.35. The highest BCUT2D eigenvalue weighted by Gasteiger charge is 2.46. The third kappa shape index (κ3) is 4.86. The lowest BCUT2D eigenvalue weighted by Crippen LogP contribution is -2.29. The van der Waals surface area contributed by atoms with Crippen LogP contribution in [0, 0.1) is 0 Å². The highest BCUT2D eigenvalue weighted by molar-refractivity contribution is 6.13. The molecule has 0 bridgehead atoms. The number of rotatable bonds is 8. The van der Waals surface area contributed by atoms with Gasteiger partial charge in [0.1, 0.15) is 0 Å². The zero-order valence-corrected chi connectivity index (χ0v) is 28.8. The molecule has 0 amide bonds. The van der Waals surface area contributed by atoms with Crippen LogP contribution < -0.4 is 4.90 Å². The molecule has 0 aliphatic heterocycles. The summed E-state index contributed by atoms with van der Waals surface area (Å²) in [7, 11) is 0. The monoisotopic (exact) mass is 665 g/mol. The van der Waals surface area contributed by atoms with Crippen molar-refractivity contribution < 1.29 is 2.74 Å². The molecule has 0 spiro atoms. The number of benzene rings is 8. The Labute approximate surface area is 308 Å². The number of nitrogens with zero attached hydrogens (tertiary/aromatic N) is 1. The molecule has 1 unspecified atom stereocenters. The van der Waals surface area contributed by atoms with Gasteiger partial charge in [-0.25, -0.2) is 0 Å². The van der Waals surface area contributed by atoms with E-state index >= 15 is 0 Å². The maximum Gasteiger partial charge on any atom is 0.0714 e. The second kappa shape index (κ2) is 12.9. The normalized spacial score (nSPS) is 15.4. The summed E-state index contributed by atoms with van der Waals surface area (Å²) in [6.45, 7) is 8.40. The molecular formula is C51H37N. The Morgan fingerprint density at radius 1 is 0.519 bits per heavy atom. The lowest BCUT2D eigenvalue weighted by atomic mass is 9.67. The molecule has 52 heavy (non-hydrogen) atoms. The number of hydrogen-bond acceptors (Lipinski definition) is 1. The summed E-state index contributed by atoms with van der Waals surface area (Å²) in [6, 6.07) is 59.3. The van der Waals surface area contributed by atoms with E-state index in [1.54, 1.807) is 0 Å². The van der Waals surface area contributed by atoms with Crippen LogP contribution in [0.3, 0.4) is 0 Å². The second-order valence-electron chi connectivity index (χ2n) is 13.2. The minimum atomic E-state index is -0.660. The van der Waals surface area contributed by atoms with E-state index in [9.17, 15) is 2.74 Å². The van der Waals surface area contributed by atoms with Crippen LogP contribution in [0.5, 0.6) is 0 Å². The van der Waals surface area contributed by atoms with Crippen molar-refractivity contribution in [3.05, 3.63) is 236 Å². The third-order valence-corrected chi connectivity index (χ3v) is 10.5. The summed E-state index contributed by atoms with van der Waals surface area (Å²) in [5, 5.41) is 4.49. The molecule has 0 fully saturated rings. The largest absolute Gasteiger partial charge is 0.310 e. The molecule has 0 saturated carbocycles. The Morgan fingerprint density at radius 2 is 1.19 bits per heavy atom. The molecule has 1 atom stereocenters. The molecule has 9 rings (SSSR count). The Hall–Kier alpha value is -6.70. The van der Waals surface area contributed by atoms with E-state index < -0.39 is 5.41 Å². The zero-order valence-electron chi connectivity index (χ0n) is 30.8. The minimum absolute atomic E-state index is 0.332. The summed E-state index contributed by atoms with van der Waals surface area (Å²) in [4.78, 5) is 2.12. The van der Waals surface area contributed by atoms with Gasteiger partial charge in [-0.1, -0.05) is 171 Å². The molecule has 0 radical (unpaired) electrons. The van der Waals surface area contributed by atoms with Gasteiger partial charge >= 0.3 is 0 Å². The summed E-state index contributed by atoms with van der Waals surface area (Å²) in [5.74, 6) is 0. The summed E-state index contributed by atoms with van der Waals surface area (Å²) in [6.07, 6.45) is 5.85. The van der Waals surface area contributed by atoms with Gasteiger partial charge in [-0.15, -0.1) is 0 Å². The average Bonchev–Trinajstić information content (AvgIpc) is 3.52. The van der Waals surface area contributed by atoms with Gasteiger partial charge in [0.05, 0.1) is 8.16 Å². The molecular weight excluding hydrogens is 627 g/mol. The van der Waals surface area contributed by atoms with Crippen LogP contribution in [-0.4, -0.2) is 0 Å². The van der Waals surface area contributed by atoms with Crippen LogP contribution in [0.15, 0.2) is 219 Å². The van der Waals surface area contributed by atoms with E-state index in [4.69, 9.17) is 0 Å². The first-order valence-corrected chi connectivity index (χ1v) is 17.7. The Bertz CT molecular complexity index is 2780. The first-order chi connectivity index (χ1) is 26.5. The Morgan fingerprint density at radius 3 is 1.98 bits per heavy atom. The van der Waals surface area contributed by atoms with Gasteiger partial charge in [0, 0.05) is 17.1 Å². The fraction of sp³-hybridized carbons (Fsp3) is 0.0196. The van der Waals surface area contributed by atoms with E-state index in [2.05, 4.69) is 152 Å². The maximum absolute atomic E-state index is 9.62. The molecule has 8 aromatic carbocycles. The quantitative estimate of drug-likeness (QED) is 0.115.